The summed E-state index contributed by atoms with van der Waals surface area (Å²) in [6.45, 7) is 6.73. The van der Waals surface area contributed by atoms with Crippen molar-refractivity contribution >= 4 is 29.4 Å². The number of halogens is 2. The fourth-order valence-electron chi connectivity index (χ4n) is 3.24. The topological polar surface area (TPSA) is 63.8 Å². The third-order valence-corrected chi connectivity index (χ3v) is 5.56. The highest BCUT2D eigenvalue weighted by atomic mass is 35.5. The van der Waals surface area contributed by atoms with Crippen molar-refractivity contribution in [3.8, 4) is 17.6 Å². The fourth-order valence-corrected chi connectivity index (χ4v) is 3.56. The molecule has 0 aliphatic rings. The number of allylic oxidation sites excluding steroid dienone is 1. The summed E-state index contributed by atoms with van der Waals surface area (Å²) in [5.41, 5.74) is 3.91. The molecule has 34 heavy (non-hydrogen) atoms. The third-order valence-electron chi connectivity index (χ3n) is 4.82. The van der Waals surface area contributed by atoms with Gasteiger partial charge in [0.05, 0.1) is 34.5 Å². The highest BCUT2D eigenvalue weighted by Gasteiger charge is 2.14. The van der Waals surface area contributed by atoms with Gasteiger partial charge in [0.1, 0.15) is 13.2 Å². The van der Waals surface area contributed by atoms with Gasteiger partial charge in [0, 0.05) is 16.7 Å². The van der Waals surface area contributed by atoms with E-state index in [0.29, 0.717) is 46.7 Å². The molecular weight excluding hydrogens is 471 g/mol. The molecule has 0 fully saturated rings. The molecule has 0 spiro atoms. The van der Waals surface area contributed by atoms with E-state index >= 15 is 0 Å². The Bertz CT molecular complexity index is 1220. The molecule has 0 aliphatic heterocycles. The van der Waals surface area contributed by atoms with Gasteiger partial charge in [0.15, 0.2) is 11.5 Å². The maximum absolute atomic E-state index is 9.19. The number of hydrogen-bond donors (Lipinski definition) is 0. The summed E-state index contributed by atoms with van der Waals surface area (Å²) in [6, 6.07) is 18.6. The van der Waals surface area contributed by atoms with Crippen molar-refractivity contribution in [2.24, 2.45) is 5.16 Å². The maximum atomic E-state index is 9.19. The average molecular weight is 495 g/mol. The Hall–Kier alpha value is -3.46. The zero-order valence-corrected chi connectivity index (χ0v) is 20.3. The van der Waals surface area contributed by atoms with E-state index in [1.165, 1.54) is 0 Å². The SMILES string of the molecule is C=CCc1cc(/C=N\OCc2ccccc2C#N)cc(OCC)c1OCc1ccc(Cl)c(Cl)c1. The lowest BCUT2D eigenvalue weighted by Crippen LogP contribution is -2.04. The van der Waals surface area contributed by atoms with E-state index in [0.717, 1.165) is 22.3 Å². The molecule has 3 aromatic carbocycles. The molecule has 0 N–H and O–H groups in total. The van der Waals surface area contributed by atoms with Crippen molar-refractivity contribution in [3.05, 3.63) is 105 Å². The van der Waals surface area contributed by atoms with Crippen molar-refractivity contribution in [2.75, 3.05) is 6.61 Å². The van der Waals surface area contributed by atoms with E-state index in [-0.39, 0.29) is 6.61 Å². The summed E-state index contributed by atoms with van der Waals surface area (Å²) >= 11 is 12.1. The minimum Gasteiger partial charge on any atom is -0.490 e. The minimum atomic E-state index is 0.197. The molecule has 0 atom stereocenters. The van der Waals surface area contributed by atoms with Gasteiger partial charge in [-0.15, -0.1) is 6.58 Å². The molecule has 0 unspecified atom stereocenters. The molecule has 0 aliphatic carbocycles. The number of nitriles is 1. The number of benzene rings is 3. The van der Waals surface area contributed by atoms with Crippen molar-refractivity contribution in [1.82, 2.24) is 0 Å². The molecular formula is C27H24Cl2N2O3. The van der Waals surface area contributed by atoms with Gasteiger partial charge in [0.2, 0.25) is 0 Å². The quantitative estimate of drug-likeness (QED) is 0.161. The third kappa shape index (κ3) is 6.77. The van der Waals surface area contributed by atoms with Gasteiger partial charge >= 0.3 is 0 Å². The number of oxime groups is 1. The normalized spacial score (nSPS) is 10.6. The molecule has 0 saturated heterocycles. The Kier molecular flexibility index (Phi) is 9.40. The van der Waals surface area contributed by atoms with Gasteiger partial charge in [0.25, 0.3) is 0 Å². The molecule has 0 heterocycles. The average Bonchev–Trinajstić information content (AvgIpc) is 2.84. The lowest BCUT2D eigenvalue weighted by atomic mass is 10.1. The summed E-state index contributed by atoms with van der Waals surface area (Å²) in [7, 11) is 0. The fraction of sp³-hybridized carbons (Fsp3) is 0.185. The van der Waals surface area contributed by atoms with Crippen LogP contribution >= 0.6 is 23.2 Å². The standard InChI is InChI=1S/C27H24Cl2N2O3/c1-3-7-21-12-20(16-31-34-18-23-9-6-5-8-22(23)15-30)14-26(32-4-2)27(21)33-17-19-10-11-24(28)25(29)13-19/h3,5-6,8-14,16H,1,4,7,17-18H2,2H3/b31-16-. The van der Waals surface area contributed by atoms with Crippen molar-refractivity contribution in [2.45, 2.75) is 26.6 Å². The molecule has 3 rings (SSSR count). The summed E-state index contributed by atoms with van der Waals surface area (Å²) in [6.07, 6.45) is 3.98. The Morgan fingerprint density at radius 1 is 1.00 bits per heavy atom. The van der Waals surface area contributed by atoms with Gasteiger partial charge in [-0.25, -0.2) is 0 Å². The number of nitrogens with zero attached hydrogens (tertiary/aromatic N) is 2. The maximum Gasteiger partial charge on any atom is 0.165 e. The van der Waals surface area contributed by atoms with Crippen LogP contribution in [-0.2, 0) is 24.5 Å². The largest absolute Gasteiger partial charge is 0.490 e. The van der Waals surface area contributed by atoms with Gasteiger partial charge in [-0.05, 0) is 49.2 Å². The van der Waals surface area contributed by atoms with E-state index in [4.69, 9.17) is 37.5 Å². The van der Waals surface area contributed by atoms with Gasteiger partial charge in [-0.1, -0.05) is 58.7 Å². The van der Waals surface area contributed by atoms with Crippen LogP contribution in [0.1, 0.15) is 34.7 Å². The first-order valence-corrected chi connectivity index (χ1v) is 11.4. The van der Waals surface area contributed by atoms with Crippen LogP contribution in [0.25, 0.3) is 0 Å². The molecule has 7 heteroatoms. The summed E-state index contributed by atoms with van der Waals surface area (Å²) in [5, 5.41) is 14.2. The molecule has 5 nitrogen and oxygen atoms in total. The second-order valence-corrected chi connectivity index (χ2v) is 8.06. The molecule has 0 bridgehead atoms. The lowest BCUT2D eigenvalue weighted by Gasteiger charge is -2.17. The highest BCUT2D eigenvalue weighted by molar-refractivity contribution is 6.42. The Morgan fingerprint density at radius 2 is 1.82 bits per heavy atom. The first kappa shape index (κ1) is 25.2. The number of hydrogen-bond acceptors (Lipinski definition) is 5. The van der Waals surface area contributed by atoms with Crippen LogP contribution in [0.3, 0.4) is 0 Å². The monoisotopic (exact) mass is 494 g/mol. The Labute approximate surface area is 209 Å². The summed E-state index contributed by atoms with van der Waals surface area (Å²) < 4.78 is 12.0. The number of ether oxygens (including phenoxy) is 2. The van der Waals surface area contributed by atoms with Gasteiger partial charge < -0.3 is 14.3 Å². The molecule has 0 amide bonds. The van der Waals surface area contributed by atoms with Crippen LogP contribution in [-0.4, -0.2) is 12.8 Å². The molecule has 0 saturated carbocycles. The van der Waals surface area contributed by atoms with Gasteiger partial charge in [-0.2, -0.15) is 5.26 Å². The zero-order chi connectivity index (χ0) is 24.3. The van der Waals surface area contributed by atoms with Crippen LogP contribution in [0.4, 0.5) is 0 Å². The molecule has 3 aromatic rings. The van der Waals surface area contributed by atoms with Crippen LogP contribution in [0, 0.1) is 11.3 Å². The molecule has 174 valence electrons. The summed E-state index contributed by atoms with van der Waals surface area (Å²) in [5.74, 6) is 1.23. The highest BCUT2D eigenvalue weighted by Crippen LogP contribution is 2.34. The van der Waals surface area contributed by atoms with Crippen molar-refractivity contribution < 1.29 is 14.3 Å². The first-order valence-electron chi connectivity index (χ1n) is 10.7. The lowest BCUT2D eigenvalue weighted by molar-refractivity contribution is 0.132. The number of rotatable bonds is 11. The van der Waals surface area contributed by atoms with Crippen molar-refractivity contribution in [3.63, 3.8) is 0 Å². The predicted molar refractivity (Wildman–Crippen MR) is 136 cm³/mol. The van der Waals surface area contributed by atoms with Gasteiger partial charge in [-0.3, -0.25) is 0 Å². The van der Waals surface area contributed by atoms with Crippen LogP contribution in [0.15, 0.2) is 72.4 Å². The smallest absolute Gasteiger partial charge is 0.165 e. The second-order valence-electron chi connectivity index (χ2n) is 7.25. The summed E-state index contributed by atoms with van der Waals surface area (Å²) in [4.78, 5) is 5.43. The van der Waals surface area contributed by atoms with Crippen LogP contribution in [0.2, 0.25) is 10.0 Å². The van der Waals surface area contributed by atoms with E-state index in [1.807, 2.05) is 43.3 Å². The Morgan fingerprint density at radius 3 is 2.56 bits per heavy atom. The van der Waals surface area contributed by atoms with E-state index in [2.05, 4.69) is 17.8 Å². The first-order chi connectivity index (χ1) is 16.5. The second kappa shape index (κ2) is 12.7. The van der Waals surface area contributed by atoms with Crippen LogP contribution < -0.4 is 9.47 Å². The molecule has 0 radical (unpaired) electrons. The predicted octanol–water partition coefficient (Wildman–Crippen LogP) is 7.12. The zero-order valence-electron chi connectivity index (χ0n) is 18.8. The Balaban J connectivity index is 1.79. The van der Waals surface area contributed by atoms with E-state index in [1.54, 1.807) is 30.5 Å². The van der Waals surface area contributed by atoms with E-state index in [9.17, 15) is 5.26 Å². The molecule has 0 aromatic heterocycles. The van der Waals surface area contributed by atoms with Crippen LogP contribution in [0.5, 0.6) is 11.5 Å². The van der Waals surface area contributed by atoms with Crippen molar-refractivity contribution in [1.29, 1.82) is 5.26 Å². The van der Waals surface area contributed by atoms with E-state index < -0.39 is 0 Å². The minimum absolute atomic E-state index is 0.197.